The van der Waals surface area contributed by atoms with Gasteiger partial charge in [0.2, 0.25) is 23.6 Å². The average Bonchev–Trinajstić information content (AvgIpc) is 2.91. The second kappa shape index (κ2) is 15.3. The Balaban J connectivity index is 2.31. The zero-order valence-corrected chi connectivity index (χ0v) is 22.3. The third-order valence-corrected chi connectivity index (χ3v) is 6.22. The highest BCUT2D eigenvalue weighted by Crippen LogP contribution is 2.14. The normalized spacial score (nSPS) is 13.8. The molecule has 4 atom stereocenters. The van der Waals surface area contributed by atoms with Crippen LogP contribution in [-0.4, -0.2) is 74.8 Å². The number of phenols is 2. The van der Waals surface area contributed by atoms with Crippen LogP contribution in [0.15, 0.2) is 48.5 Å². The number of aliphatic carboxylic acids is 1. The molecule has 0 spiro atoms. The number of carbonyl (C=O) groups excluding carboxylic acids is 4. The molecule has 0 radical (unpaired) electrons. The first-order valence-corrected chi connectivity index (χ1v) is 12.9. The van der Waals surface area contributed by atoms with Gasteiger partial charge in [-0.1, -0.05) is 24.3 Å². The van der Waals surface area contributed by atoms with E-state index in [0.29, 0.717) is 11.1 Å². The van der Waals surface area contributed by atoms with Gasteiger partial charge in [0.1, 0.15) is 29.6 Å². The monoisotopic (exact) mass is 575 g/mol. The summed E-state index contributed by atoms with van der Waals surface area (Å²) in [6.45, 7) is 0. The molecule has 0 saturated carbocycles. The van der Waals surface area contributed by atoms with Gasteiger partial charge in [-0.3, -0.25) is 19.2 Å². The first-order valence-electron chi connectivity index (χ1n) is 12.2. The third-order valence-electron chi connectivity index (χ3n) is 5.85. The molecule has 0 heterocycles. The SMILES string of the molecule is NC(=O)CCC(N)C(=O)NC(Cc1ccc(O)cc1)C(=O)NC(Cc1ccc(O)cc1)C(=O)NC(CS)C(=O)O. The van der Waals surface area contributed by atoms with Crippen molar-refractivity contribution < 1.29 is 39.3 Å². The van der Waals surface area contributed by atoms with Crippen LogP contribution in [0.25, 0.3) is 0 Å². The van der Waals surface area contributed by atoms with E-state index in [-0.39, 0.29) is 42.9 Å². The van der Waals surface area contributed by atoms with E-state index < -0.39 is 53.8 Å². The van der Waals surface area contributed by atoms with E-state index in [9.17, 15) is 39.3 Å². The zero-order chi connectivity index (χ0) is 29.8. The van der Waals surface area contributed by atoms with Gasteiger partial charge in [0, 0.05) is 25.0 Å². The maximum Gasteiger partial charge on any atom is 0.327 e. The van der Waals surface area contributed by atoms with Gasteiger partial charge in [0.05, 0.1) is 6.04 Å². The Kier molecular flexibility index (Phi) is 12.2. The lowest BCUT2D eigenvalue weighted by Crippen LogP contribution is -2.58. The summed E-state index contributed by atoms with van der Waals surface area (Å²) in [4.78, 5) is 61.8. The second-order valence-electron chi connectivity index (χ2n) is 9.06. The summed E-state index contributed by atoms with van der Waals surface area (Å²) < 4.78 is 0. The molecule has 0 aliphatic heterocycles. The number of rotatable bonds is 15. The molecule has 0 bridgehead atoms. The molecule has 2 aromatic rings. The fourth-order valence-electron chi connectivity index (χ4n) is 3.59. The van der Waals surface area contributed by atoms with Crippen LogP contribution in [0.1, 0.15) is 24.0 Å². The fourth-order valence-corrected chi connectivity index (χ4v) is 3.84. The maximum atomic E-state index is 13.4. The zero-order valence-electron chi connectivity index (χ0n) is 21.4. The predicted molar refractivity (Wildman–Crippen MR) is 147 cm³/mol. The van der Waals surface area contributed by atoms with Crippen molar-refractivity contribution in [2.24, 2.45) is 11.5 Å². The van der Waals surface area contributed by atoms with Crippen LogP contribution in [0.4, 0.5) is 0 Å². The molecule has 2 rings (SSSR count). The lowest BCUT2D eigenvalue weighted by Gasteiger charge is -2.25. The Bertz CT molecular complexity index is 1190. The standard InChI is InChI=1S/C26H33N5O8S/c27-18(9-10-22(28)34)23(35)29-19(11-14-1-5-16(32)6-2-14)24(36)30-20(12-15-3-7-17(33)8-4-15)25(37)31-21(13-40)26(38)39/h1-8,18-21,32-33,40H,9-13,27H2,(H2,28,34)(H,29,35)(H,30,36)(H,31,37)(H,38,39). The van der Waals surface area contributed by atoms with Crippen molar-refractivity contribution in [3.05, 3.63) is 59.7 Å². The molecule has 0 aliphatic rings. The van der Waals surface area contributed by atoms with E-state index >= 15 is 0 Å². The molecule has 0 aromatic heterocycles. The number of benzene rings is 2. The van der Waals surface area contributed by atoms with Crippen molar-refractivity contribution in [3.8, 4) is 11.5 Å². The quantitative estimate of drug-likeness (QED) is 0.118. The maximum absolute atomic E-state index is 13.4. The summed E-state index contributed by atoms with van der Waals surface area (Å²) >= 11 is 3.94. The van der Waals surface area contributed by atoms with E-state index in [4.69, 9.17) is 11.5 Å². The first kappa shape index (κ1) is 31.9. The number of thiol groups is 1. The molecule has 2 aromatic carbocycles. The highest BCUT2D eigenvalue weighted by atomic mass is 32.1. The minimum Gasteiger partial charge on any atom is -0.508 e. The van der Waals surface area contributed by atoms with Crippen LogP contribution in [0, 0.1) is 0 Å². The lowest BCUT2D eigenvalue weighted by atomic mass is 10.0. The number of amides is 4. The molecule has 10 N–H and O–H groups in total. The van der Waals surface area contributed by atoms with Gasteiger partial charge in [-0.25, -0.2) is 4.79 Å². The van der Waals surface area contributed by atoms with Gasteiger partial charge in [-0.2, -0.15) is 12.6 Å². The Morgan fingerprint density at radius 2 is 1.12 bits per heavy atom. The summed E-state index contributed by atoms with van der Waals surface area (Å²) in [6, 6.07) is 6.72. The van der Waals surface area contributed by atoms with Crippen LogP contribution in [0.3, 0.4) is 0 Å². The number of primary amides is 1. The summed E-state index contributed by atoms with van der Waals surface area (Å²) in [5.74, 6) is -4.52. The van der Waals surface area contributed by atoms with Crippen molar-refractivity contribution in [3.63, 3.8) is 0 Å². The number of phenolic OH excluding ortho intramolecular Hbond substituents is 2. The summed E-state index contributed by atoms with van der Waals surface area (Å²) in [7, 11) is 0. The van der Waals surface area contributed by atoms with E-state index in [1.54, 1.807) is 12.1 Å². The van der Waals surface area contributed by atoms with E-state index in [0.717, 1.165) is 0 Å². The minimum absolute atomic E-state index is 0.00920. The van der Waals surface area contributed by atoms with Crippen LogP contribution >= 0.6 is 12.6 Å². The Hall–Kier alpha value is -4.30. The van der Waals surface area contributed by atoms with Crippen molar-refractivity contribution in [1.29, 1.82) is 0 Å². The lowest BCUT2D eigenvalue weighted by molar-refractivity contribution is -0.141. The number of carbonyl (C=O) groups is 5. The number of aromatic hydroxyl groups is 2. The van der Waals surface area contributed by atoms with Crippen LogP contribution in [-0.2, 0) is 36.8 Å². The smallest absolute Gasteiger partial charge is 0.327 e. The Morgan fingerprint density at radius 3 is 1.50 bits per heavy atom. The first-order chi connectivity index (χ1) is 18.9. The third kappa shape index (κ3) is 10.5. The fraction of sp³-hybridized carbons (Fsp3) is 0.346. The van der Waals surface area contributed by atoms with Gasteiger partial charge in [-0.15, -0.1) is 0 Å². The van der Waals surface area contributed by atoms with Crippen molar-refractivity contribution in [2.75, 3.05) is 5.75 Å². The van der Waals surface area contributed by atoms with E-state index in [1.807, 2.05) is 0 Å². The molecule has 4 unspecified atom stereocenters. The molecular formula is C26H33N5O8S. The Labute approximate surface area is 235 Å². The summed E-state index contributed by atoms with van der Waals surface area (Å²) in [6.07, 6.45) is -0.327. The molecule has 4 amide bonds. The van der Waals surface area contributed by atoms with Crippen LogP contribution in [0.5, 0.6) is 11.5 Å². The average molecular weight is 576 g/mol. The topological polar surface area (TPSA) is 234 Å². The molecule has 0 saturated heterocycles. The van der Waals surface area contributed by atoms with Crippen LogP contribution < -0.4 is 27.4 Å². The molecule has 14 heteroatoms. The van der Waals surface area contributed by atoms with Crippen molar-refractivity contribution in [2.45, 2.75) is 49.9 Å². The Morgan fingerprint density at radius 1 is 0.725 bits per heavy atom. The van der Waals surface area contributed by atoms with E-state index in [2.05, 4.69) is 28.6 Å². The summed E-state index contributed by atoms with van der Waals surface area (Å²) in [5, 5.41) is 35.9. The minimum atomic E-state index is -1.33. The molecule has 0 fully saturated rings. The number of nitrogens with one attached hydrogen (secondary N) is 3. The van der Waals surface area contributed by atoms with Gasteiger partial charge >= 0.3 is 5.97 Å². The number of carboxylic acids is 1. The van der Waals surface area contributed by atoms with E-state index in [1.165, 1.54) is 36.4 Å². The van der Waals surface area contributed by atoms with Gasteiger partial charge in [0.25, 0.3) is 0 Å². The highest BCUT2D eigenvalue weighted by molar-refractivity contribution is 7.80. The number of hydrogen-bond donors (Lipinski definition) is 9. The highest BCUT2D eigenvalue weighted by Gasteiger charge is 2.30. The summed E-state index contributed by atoms with van der Waals surface area (Å²) in [5.41, 5.74) is 12.1. The number of nitrogens with two attached hydrogens (primary N) is 2. The van der Waals surface area contributed by atoms with Gasteiger partial charge in [-0.05, 0) is 41.8 Å². The molecule has 0 aliphatic carbocycles. The number of hydrogen-bond acceptors (Lipinski definition) is 9. The predicted octanol–water partition coefficient (Wildman–Crippen LogP) is -1.06. The number of carboxylic acid groups (broad SMARTS) is 1. The molecular weight excluding hydrogens is 542 g/mol. The van der Waals surface area contributed by atoms with Crippen molar-refractivity contribution >= 4 is 42.2 Å². The second-order valence-corrected chi connectivity index (χ2v) is 9.42. The molecule has 216 valence electrons. The van der Waals surface area contributed by atoms with Crippen molar-refractivity contribution in [1.82, 2.24) is 16.0 Å². The van der Waals surface area contributed by atoms with Gasteiger partial charge < -0.3 is 42.7 Å². The largest absolute Gasteiger partial charge is 0.508 e. The van der Waals surface area contributed by atoms with Crippen LogP contribution in [0.2, 0.25) is 0 Å². The molecule has 40 heavy (non-hydrogen) atoms. The molecule has 13 nitrogen and oxygen atoms in total. The van der Waals surface area contributed by atoms with Gasteiger partial charge in [0.15, 0.2) is 0 Å².